The molecule has 0 amide bonds. The number of hydrogen-bond donors (Lipinski definition) is 10. The molecule has 24 heteroatoms. The lowest BCUT2D eigenvalue weighted by Gasteiger charge is -2.17. The summed E-state index contributed by atoms with van der Waals surface area (Å²) in [5, 5.41) is 31.1. The smallest absolute Gasteiger partial charge is 0.323 e. The standard InChI is InChI=1S/C27H26N2O5.C26H33N3O6.C16H18O3.C11H10N2O3/c1-19-25(29-27(31)28-19)26(30)21-12-14-22(15-13-21)32-16-7-17-33-23-10-5-6-11-24(23)34-18-20-8-3-2-4-9-20;1-17(2)27-15-20(30)16-35-23-8-5-4-7-22(23)34-14-6-13-33-21-11-9-19(10-12-21)25(31)24-18(3)28-26(32)29-24;17-11-6-12-18-15-9-4-5-10-16(15)19-13-14-7-2-1-3-8-14;1-6-9(13-11(16)12-6)10(15)7-2-4-8(14)5-3-7/h2-6,8-15H,7,16-18H2,1H3,(H2,28,29,31);4-5,7-12,17,20,27,30H,6,13-16H2,1-3H3,(H2,28,29,32);1-5,7-10,17H,6,11-13H2;2-5,14H,1H3,(H2,12,13,16). The van der Waals surface area contributed by atoms with E-state index in [0.29, 0.717) is 152 Å². The van der Waals surface area contributed by atoms with Gasteiger partial charge in [0.25, 0.3) is 0 Å². The van der Waals surface area contributed by atoms with Crippen LogP contribution in [0.4, 0.5) is 0 Å². The summed E-state index contributed by atoms with van der Waals surface area (Å²) in [6, 6.07) is 62.3. The third-order valence-electron chi connectivity index (χ3n) is 15.2. The van der Waals surface area contributed by atoms with Crippen molar-refractivity contribution in [3.8, 4) is 51.7 Å². The molecule has 1 atom stereocenters. The van der Waals surface area contributed by atoms with Gasteiger partial charge in [0.15, 0.2) is 34.5 Å². The van der Waals surface area contributed by atoms with Crippen LogP contribution >= 0.6 is 0 Å². The molecule has 0 fully saturated rings. The number of nitrogens with one attached hydrogen (secondary N) is 7. The number of aliphatic hydroxyl groups excluding tert-OH is 2. The maximum atomic E-state index is 12.5. The van der Waals surface area contributed by atoms with Crippen LogP contribution in [-0.2, 0) is 13.2 Å². The van der Waals surface area contributed by atoms with Crippen LogP contribution in [-0.4, -0.2) is 128 Å². The van der Waals surface area contributed by atoms with Crippen LogP contribution in [0.5, 0.6) is 51.7 Å². The number of aromatic hydroxyl groups is 1. The van der Waals surface area contributed by atoms with E-state index in [4.69, 9.17) is 48.1 Å². The van der Waals surface area contributed by atoms with Gasteiger partial charge in [-0.05, 0) is 141 Å². The Morgan fingerprint density at radius 3 is 1.02 bits per heavy atom. The van der Waals surface area contributed by atoms with E-state index in [9.17, 15) is 33.9 Å². The molecule has 0 bridgehead atoms. The molecule has 10 N–H and O–H groups in total. The minimum Gasteiger partial charge on any atom is -0.508 e. The summed E-state index contributed by atoms with van der Waals surface area (Å²) in [7, 11) is 0. The van der Waals surface area contributed by atoms with E-state index < -0.39 is 23.2 Å². The molecule has 0 saturated carbocycles. The van der Waals surface area contributed by atoms with Gasteiger partial charge in [0.05, 0.1) is 33.0 Å². The van der Waals surface area contributed by atoms with E-state index in [-0.39, 0.29) is 53.4 Å². The highest BCUT2D eigenvalue weighted by atomic mass is 16.5. The molecular weight excluding hydrogens is 1330 g/mol. The highest BCUT2D eigenvalue weighted by molar-refractivity contribution is 6.09. The monoisotopic (exact) mass is 1420 g/mol. The molecule has 0 aliphatic heterocycles. The number of phenolic OH excluding ortho intramolecular Hbond substituents is 1. The molecule has 11 aromatic rings. The third kappa shape index (κ3) is 25.2. The van der Waals surface area contributed by atoms with Gasteiger partial charge in [0.1, 0.15) is 60.3 Å². The molecule has 3 heterocycles. The predicted octanol–water partition coefficient (Wildman–Crippen LogP) is 11.5. The molecule has 0 radical (unpaired) electrons. The average Bonchev–Trinajstić information content (AvgIpc) is 1.69. The van der Waals surface area contributed by atoms with Gasteiger partial charge >= 0.3 is 17.1 Å². The van der Waals surface area contributed by atoms with Gasteiger partial charge in [0, 0.05) is 72.2 Å². The summed E-state index contributed by atoms with van der Waals surface area (Å²) in [6.45, 7) is 13.1. The summed E-state index contributed by atoms with van der Waals surface area (Å²) in [5.74, 6) is 4.62. The number of carbonyl (C=O) groups is 3. The SMILES string of the molecule is Cc1[nH]c(=O)[nH]c1C(=O)c1ccc(O)cc1.Cc1[nH]c(=O)[nH]c1C(=O)c1ccc(OCCCOc2ccccc2OCC(O)CNC(C)C)cc1.Cc1[nH]c(=O)[nH]c1C(=O)c1ccc(OCCCOc2ccccc2OCc2ccccc2)cc1.OCCCOc1ccccc1OCc1ccccc1. The fraction of sp³-hybridized carbons (Fsp3) is 0.250. The zero-order valence-corrected chi connectivity index (χ0v) is 58.5. The second-order valence-electron chi connectivity index (χ2n) is 23.8. The number of H-pyrrole nitrogens is 6. The third-order valence-corrected chi connectivity index (χ3v) is 15.2. The van der Waals surface area contributed by atoms with Crippen LogP contribution in [0.1, 0.15) is 109 Å². The summed E-state index contributed by atoms with van der Waals surface area (Å²) in [6.07, 6.45) is 1.32. The Bertz CT molecular complexity index is 4600. The minimum atomic E-state index is -0.616. The quantitative estimate of drug-likeness (QED) is 0.0132. The predicted molar refractivity (Wildman–Crippen MR) is 394 cm³/mol. The molecule has 11 rings (SSSR count). The molecule has 1 unspecified atom stereocenters. The molecule has 0 spiro atoms. The maximum absolute atomic E-state index is 12.5. The van der Waals surface area contributed by atoms with Crippen molar-refractivity contribution in [3.63, 3.8) is 0 Å². The molecule has 24 nitrogen and oxygen atoms in total. The normalized spacial score (nSPS) is 10.9. The van der Waals surface area contributed by atoms with Crippen molar-refractivity contribution >= 4 is 17.3 Å². The number of ketones is 3. The zero-order valence-electron chi connectivity index (χ0n) is 58.5. The topological polar surface area (TPSA) is 344 Å². The number of ether oxygens (including phenoxy) is 8. The van der Waals surface area contributed by atoms with Crippen molar-refractivity contribution < 1.29 is 67.6 Å². The van der Waals surface area contributed by atoms with E-state index in [0.717, 1.165) is 16.9 Å². The number of imidazole rings is 3. The van der Waals surface area contributed by atoms with E-state index in [1.165, 1.54) is 24.3 Å². The Hall–Kier alpha value is -12.1. The first-order chi connectivity index (χ1) is 50.4. The number of aromatic amines is 6. The van der Waals surface area contributed by atoms with Crippen LogP contribution in [0.15, 0.2) is 221 Å². The maximum Gasteiger partial charge on any atom is 0.323 e. The summed E-state index contributed by atoms with van der Waals surface area (Å²) in [4.78, 5) is 85.8. The second kappa shape index (κ2) is 41.0. The molecule has 0 saturated heterocycles. The Morgan fingerprint density at radius 1 is 0.385 bits per heavy atom. The number of aryl methyl sites for hydroxylation is 3. The lowest BCUT2D eigenvalue weighted by atomic mass is 10.1. The number of carbonyl (C=O) groups excluding carboxylic acids is 3. The molecule has 104 heavy (non-hydrogen) atoms. The molecular formula is C80H87N7O17. The number of rotatable bonds is 34. The number of benzene rings is 8. The fourth-order valence-electron chi connectivity index (χ4n) is 9.81. The largest absolute Gasteiger partial charge is 0.508 e. The molecule has 0 aliphatic rings. The first kappa shape index (κ1) is 77.6. The molecule has 8 aromatic carbocycles. The van der Waals surface area contributed by atoms with Crippen LogP contribution in [0.3, 0.4) is 0 Å². The van der Waals surface area contributed by atoms with Crippen molar-refractivity contribution in [2.75, 3.05) is 52.8 Å². The van der Waals surface area contributed by atoms with Crippen molar-refractivity contribution in [1.29, 1.82) is 0 Å². The first-order valence-corrected chi connectivity index (χ1v) is 33.8. The highest BCUT2D eigenvalue weighted by Crippen LogP contribution is 2.30. The molecule has 0 aliphatic carbocycles. The molecule has 544 valence electrons. The highest BCUT2D eigenvalue weighted by Gasteiger charge is 2.19. The van der Waals surface area contributed by atoms with Crippen molar-refractivity contribution in [2.24, 2.45) is 0 Å². The summed E-state index contributed by atoms with van der Waals surface area (Å²) >= 11 is 0. The average molecular weight is 1420 g/mol. The second-order valence-corrected chi connectivity index (χ2v) is 23.8. The number of hydrogen-bond acceptors (Lipinski definition) is 18. The van der Waals surface area contributed by atoms with E-state index in [1.807, 2.05) is 147 Å². The van der Waals surface area contributed by atoms with Crippen molar-refractivity contribution in [2.45, 2.75) is 79.2 Å². The van der Waals surface area contributed by atoms with E-state index in [1.54, 1.807) is 69.3 Å². The van der Waals surface area contributed by atoms with Crippen LogP contribution in [0.25, 0.3) is 0 Å². The first-order valence-electron chi connectivity index (χ1n) is 33.8. The summed E-state index contributed by atoms with van der Waals surface area (Å²) < 4.78 is 46.2. The number of aliphatic hydroxyl groups is 2. The Kier molecular flexibility index (Phi) is 30.6. The van der Waals surface area contributed by atoms with E-state index in [2.05, 4.69) is 35.2 Å². The Balaban J connectivity index is 0.000000184. The number of phenols is 1. The number of para-hydroxylation sites is 6. The van der Waals surface area contributed by atoms with E-state index >= 15 is 0 Å². The van der Waals surface area contributed by atoms with Crippen molar-refractivity contribution in [3.05, 3.63) is 300 Å². The summed E-state index contributed by atoms with van der Waals surface area (Å²) in [5.41, 5.74) is 4.65. The van der Waals surface area contributed by atoms with Gasteiger partial charge in [-0.2, -0.15) is 0 Å². The lowest BCUT2D eigenvalue weighted by Crippen LogP contribution is -2.35. The van der Waals surface area contributed by atoms with Crippen LogP contribution in [0.2, 0.25) is 0 Å². The fourth-order valence-corrected chi connectivity index (χ4v) is 9.81. The lowest BCUT2D eigenvalue weighted by molar-refractivity contribution is 0.102. The van der Waals surface area contributed by atoms with Crippen LogP contribution in [0, 0.1) is 20.8 Å². The van der Waals surface area contributed by atoms with Crippen molar-refractivity contribution in [1.82, 2.24) is 35.2 Å². The number of aromatic nitrogens is 6. The van der Waals surface area contributed by atoms with Gasteiger partial charge in [-0.15, -0.1) is 0 Å². The van der Waals surface area contributed by atoms with Gasteiger partial charge in [-0.3, -0.25) is 14.4 Å². The zero-order chi connectivity index (χ0) is 74.0. The van der Waals surface area contributed by atoms with Gasteiger partial charge in [-0.25, -0.2) is 14.4 Å². The van der Waals surface area contributed by atoms with Gasteiger partial charge < -0.3 is 88.4 Å². The molecule has 3 aromatic heterocycles. The van der Waals surface area contributed by atoms with Gasteiger partial charge in [0.2, 0.25) is 17.3 Å². The Labute approximate surface area is 601 Å². The van der Waals surface area contributed by atoms with Gasteiger partial charge in [-0.1, -0.05) is 111 Å². The Morgan fingerprint density at radius 2 is 0.692 bits per heavy atom. The minimum absolute atomic E-state index is 0.0934. The van der Waals surface area contributed by atoms with Crippen LogP contribution < -0.4 is 60.3 Å².